The Morgan fingerprint density at radius 1 is 1.11 bits per heavy atom. The number of nitrogens with two attached hydrogens (primary N) is 1. The molecule has 5 nitrogen and oxygen atoms in total. The summed E-state index contributed by atoms with van der Waals surface area (Å²) in [6.45, 7) is 2.32. The SMILES string of the molecule is Nc1ccnc(-c2ccc(N3CC4CC4C3)nc2)n1. The summed E-state index contributed by atoms with van der Waals surface area (Å²) < 4.78 is 0. The summed E-state index contributed by atoms with van der Waals surface area (Å²) in [6, 6.07) is 5.75. The first-order valence-electron chi connectivity index (χ1n) is 6.59. The van der Waals surface area contributed by atoms with E-state index in [-0.39, 0.29) is 0 Å². The number of anilines is 2. The van der Waals surface area contributed by atoms with Gasteiger partial charge in [0.1, 0.15) is 11.6 Å². The highest BCUT2D eigenvalue weighted by molar-refractivity contribution is 5.58. The highest BCUT2D eigenvalue weighted by Crippen LogP contribution is 2.45. The Balaban J connectivity index is 1.58. The molecule has 2 aromatic rings. The van der Waals surface area contributed by atoms with E-state index in [0.29, 0.717) is 11.6 Å². The van der Waals surface area contributed by atoms with Crippen LogP contribution in [-0.4, -0.2) is 28.0 Å². The predicted octanol–water partition coefficient (Wildman–Crippen LogP) is 1.58. The quantitative estimate of drug-likeness (QED) is 0.880. The minimum absolute atomic E-state index is 0.480. The van der Waals surface area contributed by atoms with Crippen LogP contribution in [0.2, 0.25) is 0 Å². The molecule has 0 bridgehead atoms. The van der Waals surface area contributed by atoms with E-state index < -0.39 is 0 Å². The van der Waals surface area contributed by atoms with Gasteiger partial charge in [-0.3, -0.25) is 0 Å². The van der Waals surface area contributed by atoms with Crippen LogP contribution < -0.4 is 10.6 Å². The summed E-state index contributed by atoms with van der Waals surface area (Å²) in [5.74, 6) is 3.99. The second kappa shape index (κ2) is 3.91. The van der Waals surface area contributed by atoms with Crippen molar-refractivity contribution in [1.29, 1.82) is 0 Å². The molecule has 19 heavy (non-hydrogen) atoms. The lowest BCUT2D eigenvalue weighted by molar-refractivity contribution is 0.805. The van der Waals surface area contributed by atoms with Gasteiger partial charge < -0.3 is 10.6 Å². The Bertz CT molecular complexity index is 599. The molecule has 96 valence electrons. The average Bonchev–Trinajstić information content (AvgIpc) is 3.05. The fourth-order valence-electron chi connectivity index (χ4n) is 2.80. The highest BCUT2D eigenvalue weighted by atomic mass is 15.2. The number of nitrogen functional groups attached to an aromatic ring is 1. The van der Waals surface area contributed by atoms with E-state index >= 15 is 0 Å². The molecule has 2 fully saturated rings. The van der Waals surface area contributed by atoms with Crippen LogP contribution in [0.25, 0.3) is 11.4 Å². The fourth-order valence-corrected chi connectivity index (χ4v) is 2.80. The summed E-state index contributed by atoms with van der Waals surface area (Å²) in [4.78, 5) is 15.3. The van der Waals surface area contributed by atoms with E-state index in [4.69, 9.17) is 5.73 Å². The Morgan fingerprint density at radius 3 is 2.63 bits per heavy atom. The molecule has 4 rings (SSSR count). The fraction of sp³-hybridized carbons (Fsp3) is 0.357. The minimum atomic E-state index is 0.480. The standard InChI is InChI=1S/C14H15N5/c15-12-3-4-16-14(18-12)9-1-2-13(17-6-9)19-7-10-5-11(10)8-19/h1-4,6,10-11H,5,7-8H2,(H2,15,16,18). The van der Waals surface area contributed by atoms with Crippen molar-refractivity contribution in [2.75, 3.05) is 23.7 Å². The number of pyridine rings is 1. The van der Waals surface area contributed by atoms with Crippen molar-refractivity contribution >= 4 is 11.6 Å². The van der Waals surface area contributed by atoms with Crippen molar-refractivity contribution in [3.8, 4) is 11.4 Å². The third kappa shape index (κ3) is 1.91. The first kappa shape index (κ1) is 10.7. The van der Waals surface area contributed by atoms with Gasteiger partial charge >= 0.3 is 0 Å². The maximum absolute atomic E-state index is 5.67. The van der Waals surface area contributed by atoms with E-state index in [1.807, 2.05) is 18.3 Å². The minimum Gasteiger partial charge on any atom is -0.384 e. The third-order valence-electron chi connectivity index (χ3n) is 3.99. The van der Waals surface area contributed by atoms with Gasteiger partial charge in [0.15, 0.2) is 5.82 Å². The van der Waals surface area contributed by atoms with E-state index in [9.17, 15) is 0 Å². The zero-order valence-corrected chi connectivity index (χ0v) is 10.5. The molecular weight excluding hydrogens is 238 g/mol. The molecule has 2 aliphatic rings. The molecule has 0 aromatic carbocycles. The first-order chi connectivity index (χ1) is 9.29. The first-order valence-corrected chi connectivity index (χ1v) is 6.59. The molecule has 0 radical (unpaired) electrons. The molecule has 5 heteroatoms. The van der Waals surface area contributed by atoms with Crippen LogP contribution in [0.4, 0.5) is 11.6 Å². The predicted molar refractivity (Wildman–Crippen MR) is 73.5 cm³/mol. The molecule has 3 heterocycles. The zero-order valence-electron chi connectivity index (χ0n) is 10.5. The molecule has 2 atom stereocenters. The van der Waals surface area contributed by atoms with Crippen molar-refractivity contribution < 1.29 is 0 Å². The van der Waals surface area contributed by atoms with E-state index in [1.165, 1.54) is 6.42 Å². The lowest BCUT2D eigenvalue weighted by atomic mass is 10.2. The van der Waals surface area contributed by atoms with Gasteiger partial charge in [-0.25, -0.2) is 15.0 Å². The molecule has 1 aliphatic carbocycles. The van der Waals surface area contributed by atoms with Gasteiger partial charge in [0.05, 0.1) is 0 Å². The maximum Gasteiger partial charge on any atom is 0.163 e. The van der Waals surface area contributed by atoms with E-state index in [2.05, 4.69) is 19.9 Å². The Hall–Kier alpha value is -2.17. The Kier molecular flexibility index (Phi) is 2.21. The number of aromatic nitrogens is 3. The van der Waals surface area contributed by atoms with Gasteiger partial charge in [-0.1, -0.05) is 0 Å². The number of hydrogen-bond donors (Lipinski definition) is 1. The lowest BCUT2D eigenvalue weighted by Crippen LogP contribution is -2.22. The molecule has 0 spiro atoms. The molecule has 0 amide bonds. The number of piperidine rings is 1. The van der Waals surface area contributed by atoms with E-state index in [0.717, 1.165) is 36.3 Å². The number of hydrogen-bond acceptors (Lipinski definition) is 5. The molecule has 1 saturated heterocycles. The van der Waals surface area contributed by atoms with Crippen LogP contribution in [0.5, 0.6) is 0 Å². The number of fused-ring (bicyclic) bond motifs is 1. The summed E-state index contributed by atoms with van der Waals surface area (Å²) in [5, 5.41) is 0. The van der Waals surface area contributed by atoms with Gasteiger partial charge in [-0.2, -0.15) is 0 Å². The van der Waals surface area contributed by atoms with Crippen molar-refractivity contribution in [1.82, 2.24) is 15.0 Å². The molecule has 2 aromatic heterocycles. The smallest absolute Gasteiger partial charge is 0.163 e. The monoisotopic (exact) mass is 253 g/mol. The van der Waals surface area contributed by atoms with Crippen LogP contribution in [0, 0.1) is 11.8 Å². The van der Waals surface area contributed by atoms with Crippen molar-refractivity contribution in [3.63, 3.8) is 0 Å². The summed E-state index contributed by atoms with van der Waals surface area (Å²) in [6.07, 6.45) is 4.90. The second-order valence-electron chi connectivity index (χ2n) is 5.37. The molecule has 1 aliphatic heterocycles. The van der Waals surface area contributed by atoms with Crippen LogP contribution >= 0.6 is 0 Å². The molecular formula is C14H15N5. The highest BCUT2D eigenvalue weighted by Gasteiger charge is 2.45. The van der Waals surface area contributed by atoms with Crippen molar-refractivity contribution in [2.45, 2.75) is 6.42 Å². The zero-order chi connectivity index (χ0) is 12.8. The van der Waals surface area contributed by atoms with Crippen LogP contribution in [0.3, 0.4) is 0 Å². The lowest BCUT2D eigenvalue weighted by Gasteiger charge is -2.18. The summed E-state index contributed by atoms with van der Waals surface area (Å²) >= 11 is 0. The maximum atomic E-state index is 5.67. The molecule has 1 saturated carbocycles. The number of nitrogens with zero attached hydrogens (tertiary/aromatic N) is 4. The van der Waals surface area contributed by atoms with Crippen molar-refractivity contribution in [2.24, 2.45) is 11.8 Å². The Labute approximate surface area is 111 Å². The number of rotatable bonds is 2. The van der Waals surface area contributed by atoms with Crippen LogP contribution in [0.1, 0.15) is 6.42 Å². The topological polar surface area (TPSA) is 67.9 Å². The van der Waals surface area contributed by atoms with Crippen LogP contribution in [-0.2, 0) is 0 Å². The molecule has 2 N–H and O–H groups in total. The van der Waals surface area contributed by atoms with Crippen LogP contribution in [0.15, 0.2) is 30.6 Å². The average molecular weight is 253 g/mol. The van der Waals surface area contributed by atoms with Crippen molar-refractivity contribution in [3.05, 3.63) is 30.6 Å². The third-order valence-corrected chi connectivity index (χ3v) is 3.99. The molecule has 2 unspecified atom stereocenters. The van der Waals surface area contributed by atoms with Gasteiger partial charge in [0.2, 0.25) is 0 Å². The van der Waals surface area contributed by atoms with Gasteiger partial charge in [0, 0.05) is 31.0 Å². The summed E-state index contributed by atoms with van der Waals surface area (Å²) in [7, 11) is 0. The largest absolute Gasteiger partial charge is 0.384 e. The normalized spacial score (nSPS) is 24.3. The Morgan fingerprint density at radius 2 is 1.95 bits per heavy atom. The summed E-state index contributed by atoms with van der Waals surface area (Å²) in [5.41, 5.74) is 6.57. The van der Waals surface area contributed by atoms with Gasteiger partial charge in [0.25, 0.3) is 0 Å². The van der Waals surface area contributed by atoms with Gasteiger partial charge in [-0.15, -0.1) is 0 Å². The second-order valence-corrected chi connectivity index (χ2v) is 5.37. The van der Waals surface area contributed by atoms with Gasteiger partial charge in [-0.05, 0) is 36.5 Å². The van der Waals surface area contributed by atoms with E-state index in [1.54, 1.807) is 12.3 Å².